The standard InChI is InChI=1S/C15H20Cl2N4O4S2/c1-5-21(6-2)27(24,25)13-9-11(7-8-12(13)16)19-26(22,23)14-10(3)18-20(4)15(14)17/h7-9,19H,5-6H2,1-4H3. The van der Waals surface area contributed by atoms with E-state index in [1.165, 1.54) is 41.2 Å². The summed E-state index contributed by atoms with van der Waals surface area (Å²) in [5, 5.41) is 3.93. The number of nitrogens with zero attached hydrogens (tertiary/aromatic N) is 3. The SMILES string of the molecule is CCN(CC)S(=O)(=O)c1cc(NS(=O)(=O)c2c(C)nn(C)c2Cl)ccc1Cl. The van der Waals surface area contributed by atoms with Crippen LogP contribution in [0.2, 0.25) is 10.2 Å². The van der Waals surface area contributed by atoms with Gasteiger partial charge in [-0.05, 0) is 25.1 Å². The largest absolute Gasteiger partial charge is 0.279 e. The van der Waals surface area contributed by atoms with Crippen LogP contribution < -0.4 is 4.72 Å². The first-order valence-corrected chi connectivity index (χ1v) is 11.6. The number of benzene rings is 1. The molecule has 0 bridgehead atoms. The monoisotopic (exact) mass is 454 g/mol. The van der Waals surface area contributed by atoms with E-state index in [0.717, 1.165) is 0 Å². The molecule has 12 heteroatoms. The predicted molar refractivity (Wildman–Crippen MR) is 105 cm³/mol. The van der Waals surface area contributed by atoms with E-state index in [1.54, 1.807) is 13.8 Å². The fourth-order valence-corrected chi connectivity index (χ4v) is 6.35. The van der Waals surface area contributed by atoms with Gasteiger partial charge in [-0.3, -0.25) is 9.40 Å². The fourth-order valence-electron chi connectivity index (χ4n) is 2.59. The van der Waals surface area contributed by atoms with Gasteiger partial charge in [0.15, 0.2) is 0 Å². The van der Waals surface area contributed by atoms with Crippen LogP contribution >= 0.6 is 23.2 Å². The Bertz CT molecular complexity index is 1060. The molecule has 0 radical (unpaired) electrons. The molecule has 27 heavy (non-hydrogen) atoms. The van der Waals surface area contributed by atoms with Gasteiger partial charge < -0.3 is 0 Å². The van der Waals surface area contributed by atoms with E-state index >= 15 is 0 Å². The van der Waals surface area contributed by atoms with E-state index < -0.39 is 20.0 Å². The minimum atomic E-state index is -4.08. The Hall–Kier alpha value is -1.33. The molecule has 2 rings (SSSR count). The first-order chi connectivity index (χ1) is 12.5. The van der Waals surface area contributed by atoms with Crippen molar-refractivity contribution in [2.75, 3.05) is 17.8 Å². The van der Waals surface area contributed by atoms with Crippen LogP contribution in [0, 0.1) is 6.92 Å². The maximum absolute atomic E-state index is 12.7. The van der Waals surface area contributed by atoms with Crippen molar-refractivity contribution in [1.82, 2.24) is 14.1 Å². The normalized spacial score (nSPS) is 12.6. The molecule has 0 saturated carbocycles. The van der Waals surface area contributed by atoms with Crippen molar-refractivity contribution in [3.63, 3.8) is 0 Å². The van der Waals surface area contributed by atoms with Crippen LogP contribution in [0.25, 0.3) is 0 Å². The molecule has 0 aliphatic heterocycles. The van der Waals surface area contributed by atoms with Crippen molar-refractivity contribution in [1.29, 1.82) is 0 Å². The molecule has 8 nitrogen and oxygen atoms in total. The lowest BCUT2D eigenvalue weighted by atomic mass is 10.3. The molecule has 150 valence electrons. The Morgan fingerprint density at radius 1 is 1.15 bits per heavy atom. The van der Waals surface area contributed by atoms with Gasteiger partial charge in [0.1, 0.15) is 14.9 Å². The number of halogens is 2. The number of anilines is 1. The number of rotatable bonds is 7. The molecular weight excluding hydrogens is 435 g/mol. The second-order valence-electron chi connectivity index (χ2n) is 5.67. The highest BCUT2D eigenvalue weighted by molar-refractivity contribution is 7.93. The Kier molecular flexibility index (Phi) is 6.48. The van der Waals surface area contributed by atoms with Crippen molar-refractivity contribution >= 4 is 48.9 Å². The maximum Gasteiger partial charge on any atom is 0.266 e. The highest BCUT2D eigenvalue weighted by Crippen LogP contribution is 2.30. The zero-order valence-corrected chi connectivity index (χ0v) is 18.3. The number of aryl methyl sites for hydroxylation is 2. The van der Waals surface area contributed by atoms with E-state index in [1.807, 2.05) is 0 Å². The van der Waals surface area contributed by atoms with E-state index in [-0.39, 0.29) is 44.4 Å². The van der Waals surface area contributed by atoms with Gasteiger partial charge in [-0.1, -0.05) is 37.0 Å². The van der Waals surface area contributed by atoms with Crippen molar-refractivity contribution in [3.8, 4) is 0 Å². The first-order valence-electron chi connectivity index (χ1n) is 7.97. The minimum absolute atomic E-state index is 0.000406. The molecule has 1 aromatic carbocycles. The molecule has 1 heterocycles. The third-order valence-electron chi connectivity index (χ3n) is 3.88. The van der Waals surface area contributed by atoms with E-state index in [4.69, 9.17) is 23.2 Å². The molecule has 0 fully saturated rings. The van der Waals surface area contributed by atoms with Gasteiger partial charge in [0.05, 0.1) is 16.4 Å². The number of aromatic nitrogens is 2. The van der Waals surface area contributed by atoms with Crippen molar-refractivity contribution < 1.29 is 16.8 Å². The third kappa shape index (κ3) is 4.24. The fraction of sp³-hybridized carbons (Fsp3) is 0.400. The summed E-state index contributed by atoms with van der Waals surface area (Å²) in [6.45, 7) is 5.44. The Morgan fingerprint density at radius 2 is 1.74 bits per heavy atom. The molecule has 0 aliphatic carbocycles. The summed E-state index contributed by atoms with van der Waals surface area (Å²) in [6, 6.07) is 3.89. The van der Waals surface area contributed by atoms with Gasteiger partial charge in [0, 0.05) is 20.1 Å². The van der Waals surface area contributed by atoms with E-state index in [2.05, 4.69) is 9.82 Å². The van der Waals surface area contributed by atoms with Crippen molar-refractivity contribution in [3.05, 3.63) is 34.1 Å². The molecule has 0 saturated heterocycles. The Labute approximate surface area is 169 Å². The number of hydrogen-bond acceptors (Lipinski definition) is 5. The second-order valence-corrected chi connectivity index (χ2v) is 9.96. The van der Waals surface area contributed by atoms with Gasteiger partial charge in [-0.15, -0.1) is 0 Å². The van der Waals surface area contributed by atoms with Gasteiger partial charge >= 0.3 is 0 Å². The highest BCUT2D eigenvalue weighted by atomic mass is 35.5. The van der Waals surface area contributed by atoms with Crippen molar-refractivity contribution in [2.45, 2.75) is 30.6 Å². The van der Waals surface area contributed by atoms with Gasteiger partial charge in [-0.2, -0.15) is 9.40 Å². The lowest BCUT2D eigenvalue weighted by Gasteiger charge is -2.20. The molecular formula is C15H20Cl2N4O4S2. The zero-order chi connectivity index (χ0) is 20.6. The lowest BCUT2D eigenvalue weighted by Crippen LogP contribution is -2.30. The summed E-state index contributed by atoms with van der Waals surface area (Å²) < 4.78 is 55.7. The molecule has 1 aromatic heterocycles. The molecule has 1 N–H and O–H groups in total. The van der Waals surface area contributed by atoms with Crippen LogP contribution in [0.1, 0.15) is 19.5 Å². The van der Waals surface area contributed by atoms with Crippen LogP contribution in [0.5, 0.6) is 0 Å². The summed E-state index contributed by atoms with van der Waals surface area (Å²) in [5.41, 5.74) is 0.268. The first kappa shape index (κ1) is 22.0. The molecule has 0 spiro atoms. The summed E-state index contributed by atoms with van der Waals surface area (Å²) in [5.74, 6) is 0. The molecule has 2 aromatic rings. The average molecular weight is 455 g/mol. The zero-order valence-electron chi connectivity index (χ0n) is 15.2. The van der Waals surface area contributed by atoms with Crippen LogP contribution in [0.4, 0.5) is 5.69 Å². The number of nitrogens with one attached hydrogen (secondary N) is 1. The number of hydrogen-bond donors (Lipinski definition) is 1. The summed E-state index contributed by atoms with van der Waals surface area (Å²) >= 11 is 12.1. The average Bonchev–Trinajstić information content (AvgIpc) is 2.82. The third-order valence-corrected chi connectivity index (χ3v) is 8.48. The maximum atomic E-state index is 12.7. The van der Waals surface area contributed by atoms with E-state index in [0.29, 0.717) is 0 Å². The van der Waals surface area contributed by atoms with Crippen LogP contribution in [0.15, 0.2) is 28.0 Å². The summed E-state index contributed by atoms with van der Waals surface area (Å²) in [6.07, 6.45) is 0. The topological polar surface area (TPSA) is 101 Å². The predicted octanol–water partition coefficient (Wildman–Crippen LogP) is 2.87. The van der Waals surface area contributed by atoms with Crippen molar-refractivity contribution in [2.24, 2.45) is 7.05 Å². The highest BCUT2D eigenvalue weighted by Gasteiger charge is 2.28. The lowest BCUT2D eigenvalue weighted by molar-refractivity contribution is 0.445. The Balaban J connectivity index is 2.50. The van der Waals surface area contributed by atoms with Crippen LogP contribution in [0.3, 0.4) is 0 Å². The van der Waals surface area contributed by atoms with Gasteiger partial charge in [-0.25, -0.2) is 16.8 Å². The quantitative estimate of drug-likeness (QED) is 0.692. The summed E-state index contributed by atoms with van der Waals surface area (Å²) in [7, 11) is -6.42. The molecule has 0 atom stereocenters. The Morgan fingerprint density at radius 3 is 2.22 bits per heavy atom. The molecule has 0 aliphatic rings. The molecule has 0 unspecified atom stereocenters. The van der Waals surface area contributed by atoms with Gasteiger partial charge in [0.2, 0.25) is 10.0 Å². The minimum Gasteiger partial charge on any atom is -0.279 e. The molecule has 0 amide bonds. The number of sulfonamides is 2. The smallest absolute Gasteiger partial charge is 0.266 e. The van der Waals surface area contributed by atoms with Gasteiger partial charge in [0.25, 0.3) is 10.0 Å². The van der Waals surface area contributed by atoms with E-state index in [9.17, 15) is 16.8 Å². The van der Waals surface area contributed by atoms with Crippen LogP contribution in [-0.2, 0) is 27.1 Å². The van der Waals surface area contributed by atoms with Crippen LogP contribution in [-0.4, -0.2) is 44.0 Å². The second kappa shape index (κ2) is 7.96. The summed E-state index contributed by atoms with van der Waals surface area (Å²) in [4.78, 5) is -0.350.